The van der Waals surface area contributed by atoms with E-state index in [1.807, 2.05) is 66.7 Å². The average molecular weight is 410 g/mol. The molecule has 4 rings (SSSR count). The van der Waals surface area contributed by atoms with Crippen molar-refractivity contribution in [1.82, 2.24) is 9.97 Å². The monoisotopic (exact) mass is 410 g/mol. The van der Waals surface area contributed by atoms with E-state index < -0.39 is 5.91 Å². The van der Waals surface area contributed by atoms with E-state index in [1.165, 1.54) is 0 Å². The molecule has 0 saturated carbocycles. The number of nitrogens with two attached hydrogens (primary N) is 3. The molecular weight excluding hydrogens is 388 g/mol. The molecule has 6 N–H and O–H groups in total. The lowest BCUT2D eigenvalue weighted by Crippen LogP contribution is -2.21. The molecule has 0 aliphatic carbocycles. The Bertz CT molecular complexity index is 1270. The molecule has 0 radical (unpaired) electrons. The summed E-state index contributed by atoms with van der Waals surface area (Å²) in [5, 5.41) is 0.703. The lowest BCUT2D eigenvalue weighted by Gasteiger charge is -2.13. The summed E-state index contributed by atoms with van der Waals surface area (Å²) >= 11 is 0. The van der Waals surface area contributed by atoms with Gasteiger partial charge >= 0.3 is 0 Å². The van der Waals surface area contributed by atoms with Crippen molar-refractivity contribution in [3.05, 3.63) is 84.2 Å². The first-order chi connectivity index (χ1) is 15.1. The number of hydrogen-bond donors (Lipinski definition) is 3. The lowest BCUT2D eigenvalue weighted by molar-refractivity contribution is -0.116. The van der Waals surface area contributed by atoms with Crippen LogP contribution in [-0.4, -0.2) is 28.3 Å². The maximum absolute atomic E-state index is 11.7. The molecule has 1 amide bonds. The standard InChI is InChI=1S/C24H22N6O/c25-13-15-6-8-17(9-7-15)22-18(16-4-2-1-3-5-16)12-19-20(29-22)10-11-28-23(19)24(27)30-21(31)14-26/h1-12H,13-14,25-26H2,(H2,27,30,31). The molecule has 0 fully saturated rings. The van der Waals surface area contributed by atoms with Crippen LogP contribution in [0.25, 0.3) is 33.3 Å². The van der Waals surface area contributed by atoms with Gasteiger partial charge in [-0.15, -0.1) is 0 Å². The molecule has 2 aromatic carbocycles. The summed E-state index contributed by atoms with van der Waals surface area (Å²) in [5.41, 5.74) is 23.0. The molecular formula is C24H22N6O. The summed E-state index contributed by atoms with van der Waals surface area (Å²) in [6.45, 7) is 0.258. The molecule has 0 aliphatic rings. The largest absolute Gasteiger partial charge is 0.382 e. The second-order valence-corrected chi connectivity index (χ2v) is 6.97. The number of pyridine rings is 2. The number of benzene rings is 2. The van der Waals surface area contributed by atoms with Gasteiger partial charge in [-0.2, -0.15) is 4.99 Å². The van der Waals surface area contributed by atoms with Crippen LogP contribution in [0.5, 0.6) is 0 Å². The van der Waals surface area contributed by atoms with Crippen LogP contribution >= 0.6 is 0 Å². The van der Waals surface area contributed by atoms with E-state index in [0.29, 0.717) is 23.1 Å². The summed E-state index contributed by atoms with van der Waals surface area (Å²) in [4.78, 5) is 24.8. The van der Waals surface area contributed by atoms with Gasteiger partial charge in [0.15, 0.2) is 5.84 Å². The highest BCUT2D eigenvalue weighted by atomic mass is 16.1. The minimum absolute atomic E-state index is 0.0157. The van der Waals surface area contributed by atoms with Gasteiger partial charge in [0, 0.05) is 29.3 Å². The first-order valence-electron chi connectivity index (χ1n) is 9.82. The first kappa shape index (κ1) is 20.3. The summed E-state index contributed by atoms with van der Waals surface area (Å²) < 4.78 is 0. The second kappa shape index (κ2) is 8.83. The second-order valence-electron chi connectivity index (χ2n) is 6.97. The van der Waals surface area contributed by atoms with Crippen LogP contribution in [0.3, 0.4) is 0 Å². The van der Waals surface area contributed by atoms with Gasteiger partial charge in [-0.25, -0.2) is 4.98 Å². The number of amidine groups is 1. The number of rotatable bonds is 5. The fourth-order valence-electron chi connectivity index (χ4n) is 3.39. The summed E-state index contributed by atoms with van der Waals surface area (Å²) in [7, 11) is 0. The Labute approximate surface area is 179 Å². The van der Waals surface area contributed by atoms with Crippen LogP contribution in [0, 0.1) is 0 Å². The number of nitrogens with zero attached hydrogens (tertiary/aromatic N) is 3. The average Bonchev–Trinajstić information content (AvgIpc) is 2.83. The molecule has 0 spiro atoms. The van der Waals surface area contributed by atoms with E-state index in [1.54, 1.807) is 6.20 Å². The van der Waals surface area contributed by atoms with Crippen molar-refractivity contribution in [3.63, 3.8) is 0 Å². The predicted octanol–water partition coefficient (Wildman–Crippen LogP) is 2.61. The third-order valence-corrected chi connectivity index (χ3v) is 4.95. The first-order valence-corrected chi connectivity index (χ1v) is 9.82. The molecule has 0 saturated heterocycles. The number of amides is 1. The van der Waals surface area contributed by atoms with E-state index in [2.05, 4.69) is 9.98 Å². The maximum atomic E-state index is 11.7. The number of hydrogen-bond acceptors (Lipinski definition) is 5. The van der Waals surface area contributed by atoms with E-state index in [0.717, 1.165) is 27.9 Å². The van der Waals surface area contributed by atoms with Crippen molar-refractivity contribution >= 4 is 22.6 Å². The SMILES string of the molecule is NCC(=O)N=C(N)c1nccc2nc(-c3ccc(CN)cc3)c(-c3ccccc3)cc12. The highest BCUT2D eigenvalue weighted by Gasteiger charge is 2.16. The molecule has 0 bridgehead atoms. The molecule has 31 heavy (non-hydrogen) atoms. The van der Waals surface area contributed by atoms with Crippen LogP contribution in [-0.2, 0) is 11.3 Å². The Balaban J connectivity index is 1.98. The van der Waals surface area contributed by atoms with Crippen molar-refractivity contribution < 1.29 is 4.79 Å². The number of fused-ring (bicyclic) bond motifs is 1. The Morgan fingerprint density at radius 2 is 1.68 bits per heavy atom. The Morgan fingerprint density at radius 3 is 2.35 bits per heavy atom. The van der Waals surface area contributed by atoms with Gasteiger partial charge in [0.2, 0.25) is 0 Å². The van der Waals surface area contributed by atoms with Gasteiger partial charge in [-0.1, -0.05) is 54.6 Å². The Morgan fingerprint density at radius 1 is 0.935 bits per heavy atom. The smallest absolute Gasteiger partial charge is 0.261 e. The van der Waals surface area contributed by atoms with Crippen molar-refractivity contribution in [3.8, 4) is 22.4 Å². The van der Waals surface area contributed by atoms with E-state index in [4.69, 9.17) is 22.2 Å². The summed E-state index contributed by atoms with van der Waals surface area (Å²) in [5.74, 6) is -0.494. The Hall–Kier alpha value is -3.94. The molecule has 0 unspecified atom stereocenters. The number of carbonyl (C=O) groups is 1. The third kappa shape index (κ3) is 4.18. The topological polar surface area (TPSA) is 133 Å². The van der Waals surface area contributed by atoms with E-state index in [-0.39, 0.29) is 12.4 Å². The summed E-state index contributed by atoms with van der Waals surface area (Å²) in [6, 6.07) is 21.8. The Kier molecular flexibility index (Phi) is 5.79. The molecule has 154 valence electrons. The molecule has 7 nitrogen and oxygen atoms in total. The minimum atomic E-state index is -0.510. The van der Waals surface area contributed by atoms with Crippen LogP contribution < -0.4 is 17.2 Å². The normalized spacial score (nSPS) is 11.6. The highest BCUT2D eigenvalue weighted by molar-refractivity contribution is 6.11. The quantitative estimate of drug-likeness (QED) is 0.342. The lowest BCUT2D eigenvalue weighted by atomic mass is 9.96. The fourth-order valence-corrected chi connectivity index (χ4v) is 3.39. The molecule has 0 atom stereocenters. The van der Waals surface area contributed by atoms with Gasteiger partial charge in [0.05, 0.1) is 17.8 Å². The van der Waals surface area contributed by atoms with Crippen LogP contribution in [0.4, 0.5) is 0 Å². The fraction of sp³-hybridized carbons (Fsp3) is 0.0833. The van der Waals surface area contributed by atoms with Crippen LogP contribution in [0.15, 0.2) is 77.9 Å². The van der Waals surface area contributed by atoms with E-state index in [9.17, 15) is 4.79 Å². The zero-order valence-electron chi connectivity index (χ0n) is 16.8. The minimum Gasteiger partial charge on any atom is -0.382 e. The van der Waals surface area contributed by atoms with Crippen molar-refractivity contribution in [2.75, 3.05) is 6.54 Å². The number of carbonyl (C=O) groups excluding carboxylic acids is 1. The zero-order valence-corrected chi connectivity index (χ0v) is 16.8. The maximum Gasteiger partial charge on any atom is 0.261 e. The van der Waals surface area contributed by atoms with Crippen molar-refractivity contribution in [1.29, 1.82) is 0 Å². The van der Waals surface area contributed by atoms with E-state index >= 15 is 0 Å². The highest BCUT2D eigenvalue weighted by Crippen LogP contribution is 2.34. The molecule has 2 aromatic heterocycles. The van der Waals surface area contributed by atoms with Gasteiger partial charge in [0.1, 0.15) is 5.69 Å². The third-order valence-electron chi connectivity index (χ3n) is 4.95. The molecule has 7 heteroatoms. The van der Waals surface area contributed by atoms with Crippen LogP contribution in [0.1, 0.15) is 11.3 Å². The van der Waals surface area contributed by atoms with Crippen LogP contribution in [0.2, 0.25) is 0 Å². The number of aliphatic imine (C=N–C) groups is 1. The van der Waals surface area contributed by atoms with Crippen molar-refractivity contribution in [2.45, 2.75) is 6.54 Å². The number of aromatic nitrogens is 2. The predicted molar refractivity (Wildman–Crippen MR) is 123 cm³/mol. The van der Waals surface area contributed by atoms with Gasteiger partial charge < -0.3 is 17.2 Å². The summed E-state index contributed by atoms with van der Waals surface area (Å²) in [6.07, 6.45) is 1.60. The van der Waals surface area contributed by atoms with Gasteiger partial charge in [0.25, 0.3) is 5.91 Å². The molecule has 2 heterocycles. The van der Waals surface area contributed by atoms with Gasteiger partial charge in [-0.05, 0) is 23.3 Å². The molecule has 4 aromatic rings. The van der Waals surface area contributed by atoms with Gasteiger partial charge in [-0.3, -0.25) is 9.78 Å². The molecule has 0 aliphatic heterocycles. The van der Waals surface area contributed by atoms with Crippen molar-refractivity contribution in [2.24, 2.45) is 22.2 Å². The zero-order chi connectivity index (χ0) is 21.8.